The fraction of sp³-hybridized carbons (Fsp3) is 0.857. The van der Waals surface area contributed by atoms with Crippen LogP contribution in [-0.2, 0) is 20.3 Å². The molecule has 0 amide bonds. The van der Waals surface area contributed by atoms with Crippen LogP contribution in [0.3, 0.4) is 0 Å². The van der Waals surface area contributed by atoms with E-state index < -0.39 is 16.8 Å². The predicted molar refractivity (Wildman–Crippen MR) is 44.4 cm³/mol. The van der Waals surface area contributed by atoms with Gasteiger partial charge in [-0.2, -0.15) is 0 Å². The van der Waals surface area contributed by atoms with Crippen molar-refractivity contribution < 1.29 is 18.8 Å². The van der Waals surface area contributed by atoms with E-state index in [1.54, 1.807) is 0 Å². The lowest BCUT2D eigenvalue weighted by atomic mass is 9.92. The Bertz CT molecular complexity index is 209. The molecule has 1 N–H and O–H groups in total. The van der Waals surface area contributed by atoms with Crippen molar-refractivity contribution in [2.75, 3.05) is 24.7 Å². The van der Waals surface area contributed by atoms with Crippen LogP contribution in [0.1, 0.15) is 6.92 Å². The Morgan fingerprint density at radius 3 is 2.58 bits per heavy atom. The van der Waals surface area contributed by atoms with Crippen LogP contribution in [0.15, 0.2) is 0 Å². The van der Waals surface area contributed by atoms with Crippen LogP contribution in [-0.4, -0.2) is 40.0 Å². The smallest absolute Gasteiger partial charge is 0.316 e. The summed E-state index contributed by atoms with van der Waals surface area (Å²) in [7, 11) is -1.25. The molecular formula is C7H12O4S. The Kier molecular flexibility index (Phi) is 2.85. The second-order valence-electron chi connectivity index (χ2n) is 3.43. The van der Waals surface area contributed by atoms with E-state index in [1.807, 2.05) is 6.92 Å². The highest BCUT2D eigenvalue weighted by atomic mass is 32.2. The molecule has 0 aromatic carbocycles. The van der Waals surface area contributed by atoms with Gasteiger partial charge < -0.3 is 9.84 Å². The summed E-state index contributed by atoms with van der Waals surface area (Å²) in [6.45, 7) is 3.15. The zero-order valence-electron chi connectivity index (χ0n) is 6.91. The third-order valence-corrected chi connectivity index (χ3v) is 3.28. The summed E-state index contributed by atoms with van der Waals surface area (Å²) in [5.41, 5.74) is -0.0552. The molecule has 0 spiro atoms. The maximum absolute atomic E-state index is 11.1. The molecule has 70 valence electrons. The van der Waals surface area contributed by atoms with E-state index in [1.165, 1.54) is 0 Å². The number of carboxylic acid groups (broad SMARTS) is 1. The third kappa shape index (κ3) is 2.57. The minimum Gasteiger partial charge on any atom is -0.481 e. The third-order valence-electron chi connectivity index (χ3n) is 1.69. The molecule has 1 aliphatic heterocycles. The highest BCUT2D eigenvalue weighted by Crippen LogP contribution is 2.27. The first-order chi connectivity index (χ1) is 5.52. The van der Waals surface area contributed by atoms with Gasteiger partial charge in [-0.15, -0.1) is 0 Å². The second-order valence-corrected chi connectivity index (χ2v) is 4.88. The molecule has 0 aromatic heterocycles. The van der Waals surface area contributed by atoms with E-state index in [4.69, 9.17) is 9.84 Å². The lowest BCUT2D eigenvalue weighted by Gasteiger charge is -2.37. The average Bonchev–Trinajstić information content (AvgIpc) is 1.81. The van der Waals surface area contributed by atoms with Gasteiger partial charge in [0.15, 0.2) is 0 Å². The molecule has 12 heavy (non-hydrogen) atoms. The second kappa shape index (κ2) is 3.53. The van der Waals surface area contributed by atoms with E-state index in [0.29, 0.717) is 19.0 Å². The van der Waals surface area contributed by atoms with Crippen molar-refractivity contribution in [1.29, 1.82) is 0 Å². The van der Waals surface area contributed by atoms with E-state index in [9.17, 15) is 9.00 Å². The molecule has 1 rings (SSSR count). The first-order valence-corrected chi connectivity index (χ1v) is 5.15. The standard InChI is InChI=1S/C7H12O4S/c1-7(3-11-4-7)5-12(10)2-6(8)9/h2-5H2,1H3,(H,8,9). The van der Waals surface area contributed by atoms with Crippen molar-refractivity contribution in [3.05, 3.63) is 0 Å². The van der Waals surface area contributed by atoms with Crippen LogP contribution >= 0.6 is 0 Å². The fourth-order valence-electron chi connectivity index (χ4n) is 1.11. The lowest BCUT2D eigenvalue weighted by molar-refractivity contribution is -0.134. The summed E-state index contributed by atoms with van der Waals surface area (Å²) < 4.78 is 16.1. The molecule has 1 fully saturated rings. The van der Waals surface area contributed by atoms with Crippen LogP contribution in [0.5, 0.6) is 0 Å². The van der Waals surface area contributed by atoms with Crippen molar-refractivity contribution in [1.82, 2.24) is 0 Å². The van der Waals surface area contributed by atoms with Gasteiger partial charge in [0.2, 0.25) is 0 Å². The Balaban J connectivity index is 2.30. The number of ether oxygens (including phenoxy) is 1. The van der Waals surface area contributed by atoms with Gasteiger partial charge in [0, 0.05) is 22.0 Å². The van der Waals surface area contributed by atoms with E-state index >= 15 is 0 Å². The molecule has 5 heteroatoms. The Morgan fingerprint density at radius 1 is 1.67 bits per heavy atom. The summed E-state index contributed by atoms with van der Waals surface area (Å²) >= 11 is 0. The van der Waals surface area contributed by atoms with Crippen LogP contribution in [0.25, 0.3) is 0 Å². The molecule has 4 nitrogen and oxygen atoms in total. The van der Waals surface area contributed by atoms with Crippen LogP contribution in [0.4, 0.5) is 0 Å². The molecule has 1 saturated heterocycles. The topological polar surface area (TPSA) is 63.6 Å². The van der Waals surface area contributed by atoms with Crippen molar-refractivity contribution >= 4 is 16.8 Å². The zero-order valence-corrected chi connectivity index (χ0v) is 7.73. The minimum atomic E-state index is -1.25. The Hall–Kier alpha value is -0.420. The van der Waals surface area contributed by atoms with Crippen molar-refractivity contribution in [2.24, 2.45) is 5.41 Å². The number of aliphatic carboxylic acids is 1. The predicted octanol–water partition coefficient (Wildman–Crippen LogP) is -0.144. The molecule has 0 radical (unpaired) electrons. The molecule has 0 saturated carbocycles. The van der Waals surface area contributed by atoms with Gasteiger partial charge in [0.1, 0.15) is 5.75 Å². The molecule has 1 unspecified atom stereocenters. The first kappa shape index (κ1) is 9.67. The summed E-state index contributed by atoms with van der Waals surface area (Å²) in [5, 5.41) is 8.35. The molecule has 1 heterocycles. The zero-order chi connectivity index (χ0) is 9.19. The summed E-state index contributed by atoms with van der Waals surface area (Å²) in [6.07, 6.45) is 0. The molecule has 1 aliphatic rings. The maximum Gasteiger partial charge on any atom is 0.316 e. The normalized spacial score (nSPS) is 22.8. The number of hydrogen-bond donors (Lipinski definition) is 1. The van der Waals surface area contributed by atoms with Crippen molar-refractivity contribution in [2.45, 2.75) is 6.92 Å². The van der Waals surface area contributed by atoms with E-state index in [-0.39, 0.29) is 11.2 Å². The quantitative estimate of drug-likeness (QED) is 0.673. The lowest BCUT2D eigenvalue weighted by Crippen LogP contribution is -2.44. The fourth-order valence-corrected chi connectivity index (χ4v) is 2.43. The van der Waals surface area contributed by atoms with Crippen molar-refractivity contribution in [3.8, 4) is 0 Å². The summed E-state index contributed by atoms with van der Waals surface area (Å²) in [4.78, 5) is 10.2. The SMILES string of the molecule is CC1(CS(=O)CC(=O)O)COC1. The molecule has 0 aromatic rings. The van der Waals surface area contributed by atoms with Gasteiger partial charge in [-0.25, -0.2) is 0 Å². The summed E-state index contributed by atoms with van der Waals surface area (Å²) in [6, 6.07) is 0. The van der Waals surface area contributed by atoms with E-state index in [0.717, 1.165) is 0 Å². The van der Waals surface area contributed by atoms with Gasteiger partial charge in [0.25, 0.3) is 0 Å². The van der Waals surface area contributed by atoms with Crippen molar-refractivity contribution in [3.63, 3.8) is 0 Å². The average molecular weight is 192 g/mol. The molecule has 0 bridgehead atoms. The number of hydrogen-bond acceptors (Lipinski definition) is 3. The Morgan fingerprint density at radius 2 is 2.25 bits per heavy atom. The molecular weight excluding hydrogens is 180 g/mol. The van der Waals surface area contributed by atoms with Gasteiger partial charge >= 0.3 is 5.97 Å². The maximum atomic E-state index is 11.1. The number of rotatable bonds is 4. The van der Waals surface area contributed by atoms with Crippen LogP contribution in [0, 0.1) is 5.41 Å². The highest BCUT2D eigenvalue weighted by molar-refractivity contribution is 7.85. The van der Waals surface area contributed by atoms with Crippen LogP contribution < -0.4 is 0 Å². The largest absolute Gasteiger partial charge is 0.481 e. The van der Waals surface area contributed by atoms with Gasteiger partial charge in [-0.05, 0) is 0 Å². The van der Waals surface area contributed by atoms with Gasteiger partial charge in [-0.1, -0.05) is 6.92 Å². The first-order valence-electron chi connectivity index (χ1n) is 3.66. The van der Waals surface area contributed by atoms with Gasteiger partial charge in [-0.3, -0.25) is 9.00 Å². The minimum absolute atomic E-state index is 0.0552. The monoisotopic (exact) mass is 192 g/mol. The molecule has 1 atom stereocenters. The van der Waals surface area contributed by atoms with E-state index in [2.05, 4.69) is 0 Å². The molecule has 0 aliphatic carbocycles. The van der Waals surface area contributed by atoms with Crippen LogP contribution in [0.2, 0.25) is 0 Å². The van der Waals surface area contributed by atoms with Gasteiger partial charge in [0.05, 0.1) is 13.2 Å². The highest BCUT2D eigenvalue weighted by Gasteiger charge is 2.35. The number of carboxylic acids is 1. The summed E-state index contributed by atoms with van der Waals surface area (Å²) in [5.74, 6) is -0.827. The Labute approximate surface area is 73.4 Å². The number of carbonyl (C=O) groups is 1.